The Morgan fingerprint density at radius 3 is 2.44 bits per heavy atom. The van der Waals surface area contributed by atoms with E-state index in [1.807, 2.05) is 31.2 Å². The van der Waals surface area contributed by atoms with Crippen LogP contribution in [-0.4, -0.2) is 26.3 Å². The number of furan rings is 1. The number of carbonyl (C=O) groups excluding carboxylic acids is 1. The lowest BCUT2D eigenvalue weighted by molar-refractivity contribution is 0.0929. The molecule has 128 valence electrons. The number of nitrogens with zero attached hydrogens (tertiary/aromatic N) is 1. The summed E-state index contributed by atoms with van der Waals surface area (Å²) in [7, 11) is 3.14. The van der Waals surface area contributed by atoms with E-state index < -0.39 is 5.91 Å². The van der Waals surface area contributed by atoms with Crippen LogP contribution >= 0.6 is 0 Å². The van der Waals surface area contributed by atoms with Gasteiger partial charge in [0.15, 0.2) is 5.76 Å². The van der Waals surface area contributed by atoms with Crippen molar-refractivity contribution in [2.45, 2.75) is 6.92 Å². The monoisotopic (exact) mass is 338 g/mol. The van der Waals surface area contributed by atoms with Crippen LogP contribution in [0.2, 0.25) is 0 Å². The van der Waals surface area contributed by atoms with Gasteiger partial charge in [0.25, 0.3) is 0 Å². The number of hydrazone groups is 1. The van der Waals surface area contributed by atoms with Crippen molar-refractivity contribution < 1.29 is 18.7 Å². The largest absolute Gasteiger partial charge is 0.497 e. The van der Waals surface area contributed by atoms with Crippen molar-refractivity contribution in [2.24, 2.45) is 5.10 Å². The molecule has 0 saturated carbocycles. The van der Waals surface area contributed by atoms with Crippen molar-refractivity contribution in [3.8, 4) is 11.5 Å². The van der Waals surface area contributed by atoms with Crippen molar-refractivity contribution in [2.75, 3.05) is 14.2 Å². The van der Waals surface area contributed by atoms with Crippen LogP contribution in [0.1, 0.15) is 21.7 Å². The summed E-state index contributed by atoms with van der Waals surface area (Å²) in [6.45, 7) is 1.84. The first-order valence-electron chi connectivity index (χ1n) is 7.67. The fraction of sp³-hybridized carbons (Fsp3) is 0.158. The maximum Gasteiger partial charge on any atom is 0.307 e. The van der Waals surface area contributed by atoms with E-state index in [2.05, 4.69) is 10.5 Å². The van der Waals surface area contributed by atoms with E-state index in [1.54, 1.807) is 32.4 Å². The number of methoxy groups -OCH3 is 2. The molecule has 1 aromatic heterocycles. The van der Waals surface area contributed by atoms with Gasteiger partial charge < -0.3 is 13.9 Å². The summed E-state index contributed by atoms with van der Waals surface area (Å²) in [6, 6.07) is 12.8. The highest BCUT2D eigenvalue weighted by atomic mass is 16.5. The summed E-state index contributed by atoms with van der Waals surface area (Å²) in [5.74, 6) is 1.13. The minimum Gasteiger partial charge on any atom is -0.497 e. The van der Waals surface area contributed by atoms with Crippen molar-refractivity contribution in [3.05, 3.63) is 59.4 Å². The fourth-order valence-electron chi connectivity index (χ4n) is 2.51. The Morgan fingerprint density at radius 2 is 1.80 bits per heavy atom. The van der Waals surface area contributed by atoms with Gasteiger partial charge in [-0.25, -0.2) is 5.43 Å². The number of hydrogen-bond acceptors (Lipinski definition) is 5. The number of fused-ring (bicyclic) bond motifs is 1. The van der Waals surface area contributed by atoms with E-state index >= 15 is 0 Å². The summed E-state index contributed by atoms with van der Waals surface area (Å²) in [6.07, 6.45) is 1.51. The molecule has 0 radical (unpaired) electrons. The third-order valence-corrected chi connectivity index (χ3v) is 3.80. The van der Waals surface area contributed by atoms with E-state index in [4.69, 9.17) is 13.9 Å². The summed E-state index contributed by atoms with van der Waals surface area (Å²) >= 11 is 0. The average molecular weight is 338 g/mol. The van der Waals surface area contributed by atoms with Gasteiger partial charge in [-0.15, -0.1) is 0 Å². The average Bonchev–Trinajstić information content (AvgIpc) is 2.98. The molecule has 25 heavy (non-hydrogen) atoms. The Labute approximate surface area is 145 Å². The molecule has 6 nitrogen and oxygen atoms in total. The second-order valence-electron chi connectivity index (χ2n) is 5.40. The zero-order valence-electron chi connectivity index (χ0n) is 14.2. The molecule has 0 aliphatic heterocycles. The number of benzene rings is 2. The summed E-state index contributed by atoms with van der Waals surface area (Å²) < 4.78 is 16.0. The third kappa shape index (κ3) is 3.47. The number of rotatable bonds is 5. The summed E-state index contributed by atoms with van der Waals surface area (Å²) in [5.41, 5.74) is 4.67. The molecule has 0 saturated heterocycles. The van der Waals surface area contributed by atoms with E-state index in [1.165, 1.54) is 6.21 Å². The van der Waals surface area contributed by atoms with Gasteiger partial charge in [0, 0.05) is 22.6 Å². The second kappa shape index (κ2) is 7.09. The van der Waals surface area contributed by atoms with Gasteiger partial charge in [-0.3, -0.25) is 4.79 Å². The standard InChI is InChI=1S/C19H18N2O4/c1-12-16-6-4-5-7-17(16)25-18(12)19(22)21-20-11-13-8-14(23-2)10-15(9-13)24-3/h4-11H,1-3H3,(H,21,22)/b20-11-. The molecule has 0 aliphatic carbocycles. The fourth-order valence-corrected chi connectivity index (χ4v) is 2.51. The van der Waals surface area contributed by atoms with Crippen LogP contribution in [0.5, 0.6) is 11.5 Å². The van der Waals surface area contributed by atoms with Crippen molar-refractivity contribution in [1.29, 1.82) is 0 Å². The molecule has 1 N–H and O–H groups in total. The molecule has 1 heterocycles. The van der Waals surface area contributed by atoms with E-state index in [0.717, 1.165) is 16.5 Å². The Bertz CT molecular complexity index is 921. The maximum atomic E-state index is 12.3. The second-order valence-corrected chi connectivity index (χ2v) is 5.40. The molecule has 0 bridgehead atoms. The lowest BCUT2D eigenvalue weighted by Crippen LogP contribution is -2.17. The molecule has 6 heteroatoms. The lowest BCUT2D eigenvalue weighted by atomic mass is 10.1. The molecule has 3 aromatic rings. The molecule has 0 spiro atoms. The van der Waals surface area contributed by atoms with E-state index in [9.17, 15) is 4.79 Å². The smallest absolute Gasteiger partial charge is 0.307 e. The number of aryl methyl sites for hydroxylation is 1. The van der Waals surface area contributed by atoms with Gasteiger partial charge in [0.2, 0.25) is 0 Å². The highest BCUT2D eigenvalue weighted by Crippen LogP contribution is 2.25. The topological polar surface area (TPSA) is 73.1 Å². The first kappa shape index (κ1) is 16.6. The highest BCUT2D eigenvalue weighted by molar-refractivity contribution is 5.99. The number of amides is 1. The van der Waals surface area contributed by atoms with Crippen LogP contribution in [0.4, 0.5) is 0 Å². The lowest BCUT2D eigenvalue weighted by Gasteiger charge is -2.05. The summed E-state index contributed by atoms with van der Waals surface area (Å²) in [5, 5.41) is 4.90. The van der Waals surface area contributed by atoms with Gasteiger partial charge in [-0.1, -0.05) is 18.2 Å². The third-order valence-electron chi connectivity index (χ3n) is 3.80. The first-order chi connectivity index (χ1) is 12.1. The minimum absolute atomic E-state index is 0.251. The SMILES string of the molecule is COc1cc(/C=N\NC(=O)c2oc3ccccc3c2C)cc(OC)c1. The number of nitrogens with one attached hydrogen (secondary N) is 1. The predicted molar refractivity (Wildman–Crippen MR) is 95.6 cm³/mol. The Hall–Kier alpha value is -3.28. The van der Waals surface area contributed by atoms with Crippen LogP contribution in [0, 0.1) is 6.92 Å². The van der Waals surface area contributed by atoms with Crippen molar-refractivity contribution >= 4 is 23.1 Å². The maximum absolute atomic E-state index is 12.3. The number of para-hydroxylation sites is 1. The van der Waals surface area contributed by atoms with Gasteiger partial charge >= 0.3 is 5.91 Å². The van der Waals surface area contributed by atoms with Crippen molar-refractivity contribution in [1.82, 2.24) is 5.43 Å². The van der Waals surface area contributed by atoms with E-state index in [0.29, 0.717) is 17.1 Å². The molecular formula is C19H18N2O4. The zero-order chi connectivity index (χ0) is 17.8. The van der Waals surface area contributed by atoms with Crippen LogP contribution in [0.15, 0.2) is 52.0 Å². The Balaban J connectivity index is 1.77. The normalized spacial score (nSPS) is 11.0. The van der Waals surface area contributed by atoms with Gasteiger partial charge in [-0.05, 0) is 25.1 Å². The molecule has 0 atom stereocenters. The molecule has 0 unspecified atom stereocenters. The number of hydrogen-bond donors (Lipinski definition) is 1. The van der Waals surface area contributed by atoms with Crippen LogP contribution in [0.3, 0.4) is 0 Å². The van der Waals surface area contributed by atoms with E-state index in [-0.39, 0.29) is 5.76 Å². The zero-order valence-corrected chi connectivity index (χ0v) is 14.2. The molecule has 1 amide bonds. The minimum atomic E-state index is -0.403. The van der Waals surface area contributed by atoms with Crippen LogP contribution < -0.4 is 14.9 Å². The van der Waals surface area contributed by atoms with Crippen LogP contribution in [0.25, 0.3) is 11.0 Å². The highest BCUT2D eigenvalue weighted by Gasteiger charge is 2.16. The quantitative estimate of drug-likeness (QED) is 0.571. The molecule has 0 fully saturated rings. The van der Waals surface area contributed by atoms with Crippen molar-refractivity contribution in [3.63, 3.8) is 0 Å². The molecular weight excluding hydrogens is 320 g/mol. The molecule has 3 rings (SSSR count). The molecule has 2 aromatic carbocycles. The number of carbonyl (C=O) groups is 1. The molecule has 0 aliphatic rings. The Kier molecular flexibility index (Phi) is 4.70. The number of ether oxygens (including phenoxy) is 2. The first-order valence-corrected chi connectivity index (χ1v) is 7.67. The van der Waals surface area contributed by atoms with Gasteiger partial charge in [0.05, 0.1) is 20.4 Å². The van der Waals surface area contributed by atoms with Gasteiger partial charge in [-0.2, -0.15) is 5.10 Å². The summed E-state index contributed by atoms with van der Waals surface area (Å²) in [4.78, 5) is 12.3. The van der Waals surface area contributed by atoms with Crippen LogP contribution in [-0.2, 0) is 0 Å². The van der Waals surface area contributed by atoms with Gasteiger partial charge in [0.1, 0.15) is 17.1 Å². The Morgan fingerprint density at radius 1 is 1.12 bits per heavy atom. The predicted octanol–water partition coefficient (Wildman–Crippen LogP) is 3.52.